The second-order valence-electron chi connectivity index (χ2n) is 1.75. The molecule has 0 aliphatic heterocycles. The fourth-order valence-corrected chi connectivity index (χ4v) is 0.402. The van der Waals surface area contributed by atoms with Crippen molar-refractivity contribution >= 4 is 11.9 Å². The van der Waals surface area contributed by atoms with E-state index in [0.717, 1.165) is 7.11 Å². The minimum absolute atomic E-state index is 0.132. The van der Waals surface area contributed by atoms with Crippen molar-refractivity contribution in [2.75, 3.05) is 7.11 Å². The summed E-state index contributed by atoms with van der Waals surface area (Å²) in [5.74, 6) is -1.91. The summed E-state index contributed by atoms with van der Waals surface area (Å²) in [6.07, 6.45) is -1.35. The van der Waals surface area contributed by atoms with Crippen LogP contribution in [-0.2, 0) is 19.1 Å². The quantitative estimate of drug-likeness (QED) is 0.465. The predicted molar refractivity (Wildman–Crippen MR) is 34.8 cm³/mol. The summed E-state index contributed by atoms with van der Waals surface area (Å²) in [6.45, 7) is 1.57. The molecular formula is C6H10O5. The summed E-state index contributed by atoms with van der Waals surface area (Å²) in [5.41, 5.74) is 0. The summed E-state index contributed by atoms with van der Waals surface area (Å²) in [7, 11) is 1.15. The van der Waals surface area contributed by atoms with Crippen molar-refractivity contribution in [1.29, 1.82) is 0 Å². The van der Waals surface area contributed by atoms with Gasteiger partial charge in [0.15, 0.2) is 0 Å². The van der Waals surface area contributed by atoms with E-state index < -0.39 is 18.2 Å². The number of aliphatic carboxylic acids is 1. The normalized spacial score (nSPS) is 12.2. The lowest BCUT2D eigenvalue weighted by molar-refractivity contribution is -0.191. The zero-order valence-corrected chi connectivity index (χ0v) is 6.36. The predicted octanol–water partition coefficient (Wildman–Crippen LogP) is -0.00330. The Kier molecular flexibility index (Phi) is 4.21. The van der Waals surface area contributed by atoms with Gasteiger partial charge in [-0.05, 0) is 0 Å². The molecule has 1 N–H and O–H groups in total. The zero-order chi connectivity index (χ0) is 8.85. The Hall–Kier alpha value is -1.10. The van der Waals surface area contributed by atoms with Gasteiger partial charge in [0.2, 0.25) is 0 Å². The Morgan fingerprint density at radius 3 is 2.36 bits per heavy atom. The first kappa shape index (κ1) is 9.90. The topological polar surface area (TPSA) is 72.8 Å². The van der Waals surface area contributed by atoms with Gasteiger partial charge in [0.25, 0.3) is 0 Å². The number of hydrogen-bond acceptors (Lipinski definition) is 4. The van der Waals surface area contributed by atoms with Crippen LogP contribution in [0.1, 0.15) is 13.3 Å². The first-order chi connectivity index (χ1) is 5.11. The Morgan fingerprint density at radius 2 is 2.09 bits per heavy atom. The van der Waals surface area contributed by atoms with Crippen LogP contribution in [0.25, 0.3) is 0 Å². The highest BCUT2D eigenvalue weighted by molar-refractivity contribution is 5.76. The Balaban J connectivity index is 3.88. The molecule has 0 aromatic carbocycles. The summed E-state index contributed by atoms with van der Waals surface area (Å²) in [5, 5.41) is 8.32. The number of methoxy groups -OCH3 is 1. The number of ether oxygens (including phenoxy) is 2. The first-order valence-corrected chi connectivity index (χ1v) is 3.06. The van der Waals surface area contributed by atoms with Crippen LogP contribution < -0.4 is 0 Å². The molecule has 1 unspecified atom stereocenters. The zero-order valence-electron chi connectivity index (χ0n) is 6.36. The van der Waals surface area contributed by atoms with Gasteiger partial charge in [-0.25, -0.2) is 4.79 Å². The van der Waals surface area contributed by atoms with E-state index in [9.17, 15) is 9.59 Å². The molecule has 0 saturated heterocycles. The fraction of sp³-hybridized carbons (Fsp3) is 0.667. The van der Waals surface area contributed by atoms with Crippen LogP contribution in [0.2, 0.25) is 0 Å². The second-order valence-corrected chi connectivity index (χ2v) is 1.75. The maximum atomic E-state index is 10.5. The van der Waals surface area contributed by atoms with Crippen LogP contribution in [0.15, 0.2) is 0 Å². The number of carboxylic acid groups (broad SMARTS) is 1. The minimum atomic E-state index is -1.48. The molecule has 0 aliphatic rings. The van der Waals surface area contributed by atoms with Gasteiger partial charge in [0, 0.05) is 13.5 Å². The van der Waals surface area contributed by atoms with Gasteiger partial charge in [-0.15, -0.1) is 0 Å². The van der Waals surface area contributed by atoms with E-state index in [1.54, 1.807) is 6.92 Å². The van der Waals surface area contributed by atoms with E-state index in [2.05, 4.69) is 9.47 Å². The Morgan fingerprint density at radius 1 is 1.55 bits per heavy atom. The molecule has 0 aromatic heterocycles. The van der Waals surface area contributed by atoms with E-state index in [4.69, 9.17) is 5.11 Å². The van der Waals surface area contributed by atoms with Gasteiger partial charge in [0.05, 0.1) is 0 Å². The van der Waals surface area contributed by atoms with Crippen molar-refractivity contribution < 1.29 is 24.2 Å². The number of hydrogen-bond donors (Lipinski definition) is 1. The van der Waals surface area contributed by atoms with Gasteiger partial charge in [-0.3, -0.25) is 4.79 Å². The van der Waals surface area contributed by atoms with Crippen LogP contribution in [0.5, 0.6) is 0 Å². The van der Waals surface area contributed by atoms with Crippen LogP contribution >= 0.6 is 0 Å². The van der Waals surface area contributed by atoms with E-state index in [-0.39, 0.29) is 6.42 Å². The number of carbonyl (C=O) groups excluding carboxylic acids is 1. The third-order valence-electron chi connectivity index (χ3n) is 0.943. The lowest BCUT2D eigenvalue weighted by Crippen LogP contribution is -2.28. The Labute approximate surface area is 63.9 Å². The third kappa shape index (κ3) is 3.57. The van der Waals surface area contributed by atoms with Gasteiger partial charge >= 0.3 is 18.2 Å². The molecule has 1 atom stereocenters. The van der Waals surface area contributed by atoms with Gasteiger partial charge in [-0.2, -0.15) is 0 Å². The maximum Gasteiger partial charge on any atom is 0.373 e. The molecule has 0 radical (unpaired) electrons. The van der Waals surface area contributed by atoms with Crippen LogP contribution in [-0.4, -0.2) is 30.4 Å². The monoisotopic (exact) mass is 162 g/mol. The molecule has 0 amide bonds. The molecule has 64 valence electrons. The molecule has 0 fully saturated rings. The van der Waals surface area contributed by atoms with Crippen molar-refractivity contribution in [1.82, 2.24) is 0 Å². The van der Waals surface area contributed by atoms with Crippen molar-refractivity contribution in [3.8, 4) is 0 Å². The highest BCUT2D eigenvalue weighted by Gasteiger charge is 2.19. The second kappa shape index (κ2) is 4.68. The molecule has 0 heterocycles. The van der Waals surface area contributed by atoms with Crippen molar-refractivity contribution in [3.63, 3.8) is 0 Å². The van der Waals surface area contributed by atoms with Crippen molar-refractivity contribution in [2.24, 2.45) is 0 Å². The number of rotatable bonds is 4. The third-order valence-corrected chi connectivity index (χ3v) is 0.943. The summed E-state index contributed by atoms with van der Waals surface area (Å²) in [4.78, 5) is 20.7. The first-order valence-electron chi connectivity index (χ1n) is 3.06. The lowest BCUT2D eigenvalue weighted by atomic mass is 10.5. The molecule has 5 nitrogen and oxygen atoms in total. The smallest absolute Gasteiger partial charge is 0.373 e. The fourth-order valence-electron chi connectivity index (χ4n) is 0.402. The molecular weight excluding hydrogens is 152 g/mol. The SMILES string of the molecule is CCC(=O)OC(OC)C(=O)O. The van der Waals surface area contributed by atoms with E-state index in [0.29, 0.717) is 0 Å². The van der Waals surface area contributed by atoms with Crippen molar-refractivity contribution in [3.05, 3.63) is 0 Å². The van der Waals surface area contributed by atoms with E-state index in [1.807, 2.05) is 0 Å². The number of carbonyl (C=O) groups is 2. The van der Waals surface area contributed by atoms with Gasteiger partial charge < -0.3 is 14.6 Å². The molecule has 0 bridgehead atoms. The largest absolute Gasteiger partial charge is 0.477 e. The average molecular weight is 162 g/mol. The summed E-state index contributed by atoms with van der Waals surface area (Å²) < 4.78 is 8.69. The summed E-state index contributed by atoms with van der Waals surface area (Å²) >= 11 is 0. The summed E-state index contributed by atoms with van der Waals surface area (Å²) in [6, 6.07) is 0. The highest BCUT2D eigenvalue weighted by atomic mass is 16.7. The molecule has 5 heteroatoms. The molecule has 0 aliphatic carbocycles. The number of carboxylic acids is 1. The average Bonchev–Trinajstić information content (AvgIpc) is 1.99. The Bertz CT molecular complexity index is 153. The standard InChI is InChI=1S/C6H10O5/c1-3-4(7)11-6(10-2)5(8)9/h6H,3H2,1-2H3,(H,8,9). The molecule has 0 aromatic rings. The van der Waals surface area contributed by atoms with Crippen LogP contribution in [0, 0.1) is 0 Å². The molecule has 0 saturated carbocycles. The lowest BCUT2D eigenvalue weighted by Gasteiger charge is -2.09. The highest BCUT2D eigenvalue weighted by Crippen LogP contribution is 1.95. The van der Waals surface area contributed by atoms with Gasteiger partial charge in [0.1, 0.15) is 0 Å². The minimum Gasteiger partial charge on any atom is -0.477 e. The molecule has 11 heavy (non-hydrogen) atoms. The van der Waals surface area contributed by atoms with Crippen LogP contribution in [0.3, 0.4) is 0 Å². The molecule has 0 spiro atoms. The van der Waals surface area contributed by atoms with E-state index >= 15 is 0 Å². The number of esters is 1. The van der Waals surface area contributed by atoms with Crippen molar-refractivity contribution in [2.45, 2.75) is 19.6 Å². The van der Waals surface area contributed by atoms with E-state index in [1.165, 1.54) is 0 Å². The van der Waals surface area contributed by atoms with Crippen LogP contribution in [0.4, 0.5) is 0 Å². The maximum absolute atomic E-state index is 10.5. The van der Waals surface area contributed by atoms with Gasteiger partial charge in [-0.1, -0.05) is 6.92 Å². The molecule has 0 rings (SSSR count).